The van der Waals surface area contributed by atoms with E-state index >= 15 is 0 Å². The summed E-state index contributed by atoms with van der Waals surface area (Å²) in [6, 6.07) is 14.6. The number of hydrogen-bond donors (Lipinski definition) is 1. The first kappa shape index (κ1) is 19.5. The molecule has 1 amide bonds. The highest BCUT2D eigenvalue weighted by Gasteiger charge is 2.30. The first-order valence-electron chi connectivity index (χ1n) is 10.6. The van der Waals surface area contributed by atoms with Gasteiger partial charge in [-0.05, 0) is 47.7 Å². The number of likely N-dealkylation sites (tertiary alicyclic amines) is 1. The Hall–Kier alpha value is -2.41. The van der Waals surface area contributed by atoms with Crippen LogP contribution in [0.1, 0.15) is 39.7 Å². The fourth-order valence-corrected chi connectivity index (χ4v) is 5.59. The van der Waals surface area contributed by atoms with Crippen LogP contribution in [0.15, 0.2) is 47.8 Å². The van der Waals surface area contributed by atoms with Gasteiger partial charge in [0.05, 0.1) is 18.8 Å². The van der Waals surface area contributed by atoms with E-state index in [1.165, 1.54) is 4.88 Å². The summed E-state index contributed by atoms with van der Waals surface area (Å²) < 4.78 is 5.38. The molecule has 0 radical (unpaired) electrons. The Morgan fingerprint density at radius 2 is 1.97 bits per heavy atom. The summed E-state index contributed by atoms with van der Waals surface area (Å²) in [6.07, 6.45) is 2.28. The van der Waals surface area contributed by atoms with Gasteiger partial charge in [0.25, 0.3) is 5.91 Å². The number of phenolic OH excluding ortho intramolecular Hbond substituents is 1. The molecule has 2 aromatic carbocycles. The highest BCUT2D eigenvalue weighted by molar-refractivity contribution is 7.10. The lowest BCUT2D eigenvalue weighted by Gasteiger charge is -2.28. The molecule has 0 bridgehead atoms. The Kier molecular flexibility index (Phi) is 5.46. The number of amides is 1. The summed E-state index contributed by atoms with van der Waals surface area (Å²) >= 11 is 1.79. The third-order valence-corrected chi connectivity index (χ3v) is 7.23. The van der Waals surface area contributed by atoms with E-state index in [1.807, 2.05) is 30.3 Å². The topological polar surface area (TPSA) is 53.0 Å². The van der Waals surface area contributed by atoms with Crippen LogP contribution in [-0.2, 0) is 11.3 Å². The maximum absolute atomic E-state index is 13.2. The molecule has 156 valence electrons. The summed E-state index contributed by atoms with van der Waals surface area (Å²) in [5.41, 5.74) is 1.26. The van der Waals surface area contributed by atoms with E-state index in [2.05, 4.69) is 22.4 Å². The van der Waals surface area contributed by atoms with Gasteiger partial charge in [-0.2, -0.15) is 0 Å². The van der Waals surface area contributed by atoms with Crippen LogP contribution in [0, 0.1) is 0 Å². The van der Waals surface area contributed by atoms with Crippen LogP contribution in [0.25, 0.3) is 10.8 Å². The lowest BCUT2D eigenvalue weighted by molar-refractivity contribution is 0.0301. The third kappa shape index (κ3) is 3.60. The summed E-state index contributed by atoms with van der Waals surface area (Å²) in [7, 11) is 0. The first-order valence-corrected chi connectivity index (χ1v) is 11.5. The number of carbonyl (C=O) groups is 1. The van der Waals surface area contributed by atoms with Gasteiger partial charge < -0.3 is 14.7 Å². The predicted molar refractivity (Wildman–Crippen MR) is 119 cm³/mol. The molecule has 0 unspecified atom stereocenters. The number of aromatic hydroxyl groups is 1. The van der Waals surface area contributed by atoms with E-state index in [4.69, 9.17) is 4.74 Å². The van der Waals surface area contributed by atoms with Crippen molar-refractivity contribution in [1.82, 2.24) is 9.80 Å². The monoisotopic (exact) mass is 422 g/mol. The number of fused-ring (bicyclic) bond motifs is 1. The molecule has 5 rings (SSSR count). The number of ether oxygens (including phenoxy) is 1. The lowest BCUT2D eigenvalue weighted by atomic mass is 9.97. The van der Waals surface area contributed by atoms with Crippen LogP contribution < -0.4 is 0 Å². The standard InChI is InChI=1S/C24H26N2O3S/c27-23-19(24(28)25-10-12-29-13-11-25)15-17-5-1-2-6-18(17)20(23)16-26-9-3-7-21(26)22-8-4-14-30-22/h1-2,4-6,8,14-15,21,27H,3,7,9-13,16H2/t21-/m0/s1. The SMILES string of the molecule is O=C(c1cc2ccccc2c(CN2CCC[C@H]2c2cccs2)c1O)N1CCOCC1. The van der Waals surface area contributed by atoms with Crippen molar-refractivity contribution in [2.75, 3.05) is 32.8 Å². The molecule has 0 spiro atoms. The average molecular weight is 423 g/mol. The fourth-order valence-electron chi connectivity index (χ4n) is 4.69. The Balaban J connectivity index is 1.53. The fraction of sp³-hybridized carbons (Fsp3) is 0.375. The van der Waals surface area contributed by atoms with Gasteiger partial charge in [-0.1, -0.05) is 30.3 Å². The van der Waals surface area contributed by atoms with Crippen LogP contribution in [0.4, 0.5) is 0 Å². The van der Waals surface area contributed by atoms with Crippen molar-refractivity contribution in [3.63, 3.8) is 0 Å². The van der Waals surface area contributed by atoms with E-state index in [1.54, 1.807) is 16.2 Å². The van der Waals surface area contributed by atoms with Gasteiger partial charge in [0.15, 0.2) is 0 Å². The lowest BCUT2D eigenvalue weighted by Crippen LogP contribution is -2.40. The first-order chi connectivity index (χ1) is 14.7. The zero-order chi connectivity index (χ0) is 20.5. The molecule has 2 aliphatic rings. The van der Waals surface area contributed by atoms with Crippen molar-refractivity contribution < 1.29 is 14.6 Å². The summed E-state index contributed by atoms with van der Waals surface area (Å²) in [6.45, 7) is 3.85. The number of morpholine rings is 1. The number of hydrogen-bond acceptors (Lipinski definition) is 5. The minimum Gasteiger partial charge on any atom is -0.507 e. The average Bonchev–Trinajstić information content (AvgIpc) is 3.47. The van der Waals surface area contributed by atoms with Gasteiger partial charge in [0.2, 0.25) is 0 Å². The van der Waals surface area contributed by atoms with Crippen molar-refractivity contribution in [3.8, 4) is 5.75 Å². The van der Waals surface area contributed by atoms with Crippen LogP contribution in [0.5, 0.6) is 5.75 Å². The third-order valence-electron chi connectivity index (χ3n) is 6.25. The number of nitrogens with zero attached hydrogens (tertiary/aromatic N) is 2. The Bertz CT molecular complexity index is 1040. The zero-order valence-electron chi connectivity index (χ0n) is 16.9. The quantitative estimate of drug-likeness (QED) is 0.676. The van der Waals surface area contributed by atoms with Crippen LogP contribution in [-0.4, -0.2) is 53.7 Å². The molecule has 1 atom stereocenters. The van der Waals surface area contributed by atoms with Crippen molar-refractivity contribution in [3.05, 3.63) is 63.8 Å². The molecule has 3 aromatic rings. The van der Waals surface area contributed by atoms with Gasteiger partial charge in [0, 0.05) is 36.1 Å². The molecular weight excluding hydrogens is 396 g/mol. The van der Waals surface area contributed by atoms with E-state index in [0.717, 1.165) is 35.7 Å². The number of rotatable bonds is 4. The number of thiophene rings is 1. The molecule has 3 heterocycles. The second-order valence-corrected chi connectivity index (χ2v) is 9.00. The Labute approximate surface area is 180 Å². The highest BCUT2D eigenvalue weighted by Crippen LogP contribution is 2.39. The molecule has 0 saturated carbocycles. The molecule has 5 nitrogen and oxygen atoms in total. The van der Waals surface area contributed by atoms with Gasteiger partial charge in [-0.3, -0.25) is 9.69 Å². The number of phenols is 1. The van der Waals surface area contributed by atoms with Gasteiger partial charge in [-0.25, -0.2) is 0 Å². The largest absolute Gasteiger partial charge is 0.507 e. The molecule has 6 heteroatoms. The van der Waals surface area contributed by atoms with E-state index in [9.17, 15) is 9.90 Å². The summed E-state index contributed by atoms with van der Waals surface area (Å²) in [4.78, 5) is 18.8. The van der Waals surface area contributed by atoms with Crippen molar-refractivity contribution in [2.45, 2.75) is 25.4 Å². The molecule has 2 saturated heterocycles. The van der Waals surface area contributed by atoms with Crippen molar-refractivity contribution in [2.24, 2.45) is 0 Å². The summed E-state index contributed by atoms with van der Waals surface area (Å²) in [5.74, 6) is 0.0149. The van der Waals surface area contributed by atoms with Gasteiger partial charge >= 0.3 is 0 Å². The smallest absolute Gasteiger partial charge is 0.257 e. The molecule has 1 N–H and O–H groups in total. The van der Waals surface area contributed by atoms with E-state index in [-0.39, 0.29) is 11.7 Å². The maximum atomic E-state index is 13.2. The maximum Gasteiger partial charge on any atom is 0.257 e. The van der Waals surface area contributed by atoms with Gasteiger partial charge in [0.1, 0.15) is 5.75 Å². The number of carbonyl (C=O) groups excluding carboxylic acids is 1. The van der Waals surface area contributed by atoms with E-state index in [0.29, 0.717) is 44.5 Å². The second-order valence-electron chi connectivity index (χ2n) is 8.02. The molecule has 2 aliphatic heterocycles. The molecule has 30 heavy (non-hydrogen) atoms. The zero-order valence-corrected chi connectivity index (χ0v) is 17.7. The van der Waals surface area contributed by atoms with Crippen molar-refractivity contribution in [1.29, 1.82) is 0 Å². The number of benzene rings is 2. The van der Waals surface area contributed by atoms with Crippen LogP contribution in [0.2, 0.25) is 0 Å². The Morgan fingerprint density at radius 1 is 1.13 bits per heavy atom. The molecule has 2 fully saturated rings. The van der Waals surface area contributed by atoms with Crippen LogP contribution >= 0.6 is 11.3 Å². The molecular formula is C24H26N2O3S. The predicted octanol–water partition coefficient (Wildman–Crippen LogP) is 4.42. The highest BCUT2D eigenvalue weighted by atomic mass is 32.1. The second kappa shape index (κ2) is 8.38. The Morgan fingerprint density at radius 3 is 2.77 bits per heavy atom. The molecule has 1 aromatic heterocycles. The van der Waals surface area contributed by atoms with Crippen LogP contribution in [0.3, 0.4) is 0 Å². The van der Waals surface area contributed by atoms with Gasteiger partial charge in [-0.15, -0.1) is 11.3 Å². The minimum absolute atomic E-state index is 0.112. The van der Waals surface area contributed by atoms with E-state index < -0.39 is 0 Å². The normalized spacial score (nSPS) is 20.1. The van der Waals surface area contributed by atoms with Crippen molar-refractivity contribution >= 4 is 28.0 Å². The minimum atomic E-state index is -0.112. The molecule has 0 aliphatic carbocycles. The summed E-state index contributed by atoms with van der Waals surface area (Å²) in [5, 5.41) is 15.4.